The van der Waals surface area contributed by atoms with Gasteiger partial charge in [0.25, 0.3) is 5.78 Å². The maximum Gasteiger partial charge on any atom is 0.350 e. The van der Waals surface area contributed by atoms with Crippen molar-refractivity contribution >= 4 is 51.5 Å². The number of halogens is 1. The number of Topliss-reactive ketones (excluding diaryl/α,β-unsaturated/α-hetero) is 1. The number of aromatic nitrogens is 1. The van der Waals surface area contributed by atoms with Crippen molar-refractivity contribution < 1.29 is 29.0 Å². The Morgan fingerprint density at radius 3 is 2.40 bits per heavy atom. The zero-order chi connectivity index (χ0) is 25.3. The number of benzene rings is 2. The van der Waals surface area contributed by atoms with Gasteiger partial charge in [0.15, 0.2) is 5.13 Å². The molecule has 1 aliphatic heterocycles. The normalized spacial score (nSPS) is 17.0. The van der Waals surface area contributed by atoms with Crippen LogP contribution in [0.5, 0.6) is 5.75 Å². The van der Waals surface area contributed by atoms with Gasteiger partial charge in [-0.15, -0.1) is 0 Å². The molecular weight excluding hydrogens is 492 g/mol. The molecule has 35 heavy (non-hydrogen) atoms. The van der Waals surface area contributed by atoms with Crippen LogP contribution in [0.1, 0.15) is 39.5 Å². The number of aryl methyl sites for hydroxylation is 1. The van der Waals surface area contributed by atoms with Gasteiger partial charge in [-0.1, -0.05) is 35.1 Å². The van der Waals surface area contributed by atoms with Crippen LogP contribution < -0.4 is 9.64 Å². The number of aliphatic hydroxyl groups is 1. The van der Waals surface area contributed by atoms with Gasteiger partial charge in [0.2, 0.25) is 0 Å². The summed E-state index contributed by atoms with van der Waals surface area (Å²) in [5.74, 6) is -2.07. The number of ether oxygens (including phenoxy) is 2. The number of hydrogen-bond donors (Lipinski definition) is 1. The number of rotatable bonds is 6. The zero-order valence-corrected chi connectivity index (χ0v) is 20.6. The van der Waals surface area contributed by atoms with Crippen LogP contribution >= 0.6 is 22.9 Å². The lowest BCUT2D eigenvalue weighted by molar-refractivity contribution is -0.132. The number of amides is 1. The van der Waals surface area contributed by atoms with Crippen LogP contribution in [0, 0.1) is 6.92 Å². The SMILES string of the molecule is CCOc1ccc(/C(O)=C2\C(=O)C(=O)N(c3nc(C)c(C(=O)OC)s3)C2c2ccc(Cl)cc2)cc1. The van der Waals surface area contributed by atoms with Crippen molar-refractivity contribution in [3.05, 3.63) is 80.8 Å². The fraction of sp³-hybridized carbons (Fsp3) is 0.200. The summed E-state index contributed by atoms with van der Waals surface area (Å²) in [6.07, 6.45) is 0. The van der Waals surface area contributed by atoms with E-state index >= 15 is 0 Å². The summed E-state index contributed by atoms with van der Waals surface area (Å²) >= 11 is 6.99. The summed E-state index contributed by atoms with van der Waals surface area (Å²) in [6.45, 7) is 3.95. The highest BCUT2D eigenvalue weighted by Gasteiger charge is 2.48. The van der Waals surface area contributed by atoms with Gasteiger partial charge < -0.3 is 14.6 Å². The molecule has 1 unspecified atom stereocenters. The summed E-state index contributed by atoms with van der Waals surface area (Å²) < 4.78 is 10.2. The maximum absolute atomic E-state index is 13.2. The summed E-state index contributed by atoms with van der Waals surface area (Å²) in [7, 11) is 1.25. The maximum atomic E-state index is 13.2. The van der Waals surface area contributed by atoms with Crippen molar-refractivity contribution in [3.8, 4) is 5.75 Å². The second kappa shape index (κ2) is 9.89. The molecule has 1 saturated heterocycles. The largest absolute Gasteiger partial charge is 0.507 e. The third kappa shape index (κ3) is 4.52. The van der Waals surface area contributed by atoms with Crippen LogP contribution in [0.15, 0.2) is 54.1 Å². The molecule has 8 nitrogen and oxygen atoms in total. The number of nitrogens with zero attached hydrogens (tertiary/aromatic N) is 2. The smallest absolute Gasteiger partial charge is 0.350 e. The Balaban J connectivity index is 1.89. The average molecular weight is 513 g/mol. The second-order valence-electron chi connectivity index (χ2n) is 7.58. The Bertz CT molecular complexity index is 1330. The lowest BCUT2D eigenvalue weighted by atomic mass is 9.95. The lowest BCUT2D eigenvalue weighted by Crippen LogP contribution is -2.29. The van der Waals surface area contributed by atoms with Crippen LogP contribution in [0.2, 0.25) is 5.02 Å². The molecule has 180 valence electrons. The molecule has 1 aliphatic rings. The first-order valence-corrected chi connectivity index (χ1v) is 11.8. The van der Waals surface area contributed by atoms with Gasteiger partial charge in [-0.2, -0.15) is 0 Å². The Morgan fingerprint density at radius 1 is 1.14 bits per heavy atom. The van der Waals surface area contributed by atoms with Crippen LogP contribution in [-0.2, 0) is 14.3 Å². The van der Waals surface area contributed by atoms with Crippen molar-refractivity contribution in [3.63, 3.8) is 0 Å². The fourth-order valence-electron chi connectivity index (χ4n) is 3.79. The molecule has 0 bridgehead atoms. The van der Waals surface area contributed by atoms with Crippen LogP contribution in [0.4, 0.5) is 5.13 Å². The van der Waals surface area contributed by atoms with E-state index in [2.05, 4.69) is 4.98 Å². The molecule has 0 radical (unpaired) electrons. The Morgan fingerprint density at radius 2 is 1.80 bits per heavy atom. The number of esters is 1. The molecule has 1 atom stereocenters. The van der Waals surface area contributed by atoms with Crippen LogP contribution in [0.25, 0.3) is 5.76 Å². The molecule has 0 saturated carbocycles. The summed E-state index contributed by atoms with van der Waals surface area (Å²) in [6, 6.07) is 12.1. The van der Waals surface area contributed by atoms with Crippen molar-refractivity contribution in [1.82, 2.24) is 4.98 Å². The zero-order valence-electron chi connectivity index (χ0n) is 19.1. The number of methoxy groups -OCH3 is 1. The number of hydrogen-bond acceptors (Lipinski definition) is 8. The van der Waals surface area contributed by atoms with E-state index in [1.54, 1.807) is 55.5 Å². The molecule has 3 aromatic rings. The van der Waals surface area contributed by atoms with E-state index in [0.29, 0.717) is 34.2 Å². The number of anilines is 1. The van der Waals surface area contributed by atoms with E-state index < -0.39 is 23.7 Å². The van der Waals surface area contributed by atoms with Gasteiger partial charge in [-0.3, -0.25) is 14.5 Å². The van der Waals surface area contributed by atoms with Crippen LogP contribution in [0.3, 0.4) is 0 Å². The van der Waals surface area contributed by atoms with Crippen molar-refractivity contribution in [2.24, 2.45) is 0 Å². The van der Waals surface area contributed by atoms with E-state index in [9.17, 15) is 19.5 Å². The number of ketones is 1. The highest BCUT2D eigenvalue weighted by Crippen LogP contribution is 2.44. The molecule has 1 N–H and O–H groups in total. The standard InChI is InChI=1S/C25H21ClN2O6S/c1-4-34-17-11-7-15(8-12-17)20(29)18-19(14-5-9-16(26)10-6-14)28(23(31)21(18)30)25-27-13(2)22(35-25)24(32)33-3/h5-12,19,29H,4H2,1-3H3/b20-18+. The predicted molar refractivity (Wildman–Crippen MR) is 132 cm³/mol. The van der Waals surface area contributed by atoms with Crippen molar-refractivity contribution in [2.45, 2.75) is 19.9 Å². The molecule has 1 aromatic heterocycles. The number of thiazole rings is 1. The monoisotopic (exact) mass is 512 g/mol. The Hall–Kier alpha value is -3.69. The highest BCUT2D eigenvalue weighted by molar-refractivity contribution is 7.17. The third-order valence-corrected chi connectivity index (χ3v) is 6.82. The minimum absolute atomic E-state index is 0.103. The number of aliphatic hydroxyl groups excluding tert-OH is 1. The average Bonchev–Trinajstić information content (AvgIpc) is 3.36. The van der Waals surface area contributed by atoms with E-state index in [0.717, 1.165) is 11.3 Å². The molecule has 4 rings (SSSR count). The van der Waals surface area contributed by atoms with E-state index in [1.807, 2.05) is 6.92 Å². The predicted octanol–water partition coefficient (Wildman–Crippen LogP) is 4.92. The molecule has 10 heteroatoms. The molecule has 2 aromatic carbocycles. The Kier molecular flexibility index (Phi) is 6.90. The second-order valence-corrected chi connectivity index (χ2v) is 8.99. The summed E-state index contributed by atoms with van der Waals surface area (Å²) in [5, 5.41) is 11.8. The molecular formula is C25H21ClN2O6S. The summed E-state index contributed by atoms with van der Waals surface area (Å²) in [4.78, 5) is 44.4. The Labute approximate surface area is 210 Å². The van der Waals surface area contributed by atoms with E-state index in [1.165, 1.54) is 12.0 Å². The fourth-order valence-corrected chi connectivity index (χ4v) is 4.93. The van der Waals surface area contributed by atoms with Gasteiger partial charge in [0, 0.05) is 10.6 Å². The van der Waals surface area contributed by atoms with Gasteiger partial charge in [0.05, 0.1) is 31.0 Å². The highest BCUT2D eigenvalue weighted by atomic mass is 35.5. The quantitative estimate of drug-likeness (QED) is 0.216. The third-order valence-electron chi connectivity index (χ3n) is 5.43. The topological polar surface area (TPSA) is 106 Å². The first-order chi connectivity index (χ1) is 16.8. The van der Waals surface area contributed by atoms with Crippen LogP contribution in [-0.4, -0.2) is 41.5 Å². The molecule has 1 fully saturated rings. The van der Waals surface area contributed by atoms with Crippen molar-refractivity contribution in [2.75, 3.05) is 18.6 Å². The molecule has 1 amide bonds. The van der Waals surface area contributed by atoms with Gasteiger partial charge in [-0.25, -0.2) is 9.78 Å². The molecule has 2 heterocycles. The van der Waals surface area contributed by atoms with Gasteiger partial charge in [0.1, 0.15) is 16.4 Å². The first kappa shape index (κ1) is 24.4. The lowest BCUT2D eigenvalue weighted by Gasteiger charge is -2.23. The van der Waals surface area contributed by atoms with E-state index in [-0.39, 0.29) is 21.3 Å². The van der Waals surface area contributed by atoms with Gasteiger partial charge in [-0.05, 0) is 55.8 Å². The summed E-state index contributed by atoms with van der Waals surface area (Å²) in [5.41, 5.74) is 1.14. The number of carbonyl (C=O) groups is 3. The van der Waals surface area contributed by atoms with Gasteiger partial charge >= 0.3 is 11.9 Å². The van der Waals surface area contributed by atoms with E-state index in [4.69, 9.17) is 21.1 Å². The minimum atomic E-state index is -0.991. The number of carbonyl (C=O) groups excluding carboxylic acids is 3. The molecule has 0 spiro atoms. The first-order valence-electron chi connectivity index (χ1n) is 10.6. The minimum Gasteiger partial charge on any atom is -0.507 e. The van der Waals surface area contributed by atoms with Crippen molar-refractivity contribution in [1.29, 1.82) is 0 Å². The molecule has 0 aliphatic carbocycles.